The molecule has 1 aromatic heterocycles. The molecule has 0 atom stereocenters. The van der Waals surface area contributed by atoms with E-state index in [1.54, 1.807) is 25.2 Å². The van der Waals surface area contributed by atoms with Crippen molar-refractivity contribution >= 4 is 40.7 Å². The van der Waals surface area contributed by atoms with Crippen molar-refractivity contribution in [3.05, 3.63) is 40.0 Å². The molecule has 0 fully saturated rings. The van der Waals surface area contributed by atoms with Crippen LogP contribution in [0.15, 0.2) is 24.3 Å². The van der Waals surface area contributed by atoms with E-state index in [2.05, 4.69) is 20.6 Å². The lowest BCUT2D eigenvalue weighted by Crippen LogP contribution is -2.02. The first-order valence-electron chi connectivity index (χ1n) is 5.34. The van der Waals surface area contributed by atoms with E-state index < -0.39 is 0 Å². The third kappa shape index (κ3) is 3.03. The quantitative estimate of drug-likeness (QED) is 0.897. The highest BCUT2D eigenvalue weighted by Crippen LogP contribution is 2.28. The Hall–Kier alpha value is -1.52. The van der Waals surface area contributed by atoms with E-state index in [0.29, 0.717) is 27.5 Å². The Labute approximate surface area is 115 Å². The number of aromatic nitrogens is 2. The summed E-state index contributed by atoms with van der Waals surface area (Å²) >= 11 is 12.0. The van der Waals surface area contributed by atoms with Crippen molar-refractivity contribution in [3.8, 4) is 0 Å². The van der Waals surface area contributed by atoms with Gasteiger partial charge in [0.2, 0.25) is 5.95 Å². The van der Waals surface area contributed by atoms with E-state index in [4.69, 9.17) is 23.2 Å². The molecular formula is C12H12Cl2N4. The maximum absolute atomic E-state index is 6.08. The lowest BCUT2D eigenvalue weighted by Gasteiger charge is -2.10. The maximum atomic E-state index is 6.08. The van der Waals surface area contributed by atoms with Crippen molar-refractivity contribution in [1.82, 2.24) is 9.97 Å². The summed E-state index contributed by atoms with van der Waals surface area (Å²) in [6.07, 6.45) is 0. The van der Waals surface area contributed by atoms with E-state index in [9.17, 15) is 0 Å². The molecule has 2 N–H and O–H groups in total. The summed E-state index contributed by atoms with van der Waals surface area (Å²) in [6.45, 7) is 1.90. The summed E-state index contributed by atoms with van der Waals surface area (Å²) in [6, 6.07) is 7.05. The third-order valence-electron chi connectivity index (χ3n) is 2.27. The molecule has 0 bridgehead atoms. The topological polar surface area (TPSA) is 49.8 Å². The van der Waals surface area contributed by atoms with E-state index in [1.165, 1.54) is 0 Å². The fourth-order valence-corrected chi connectivity index (χ4v) is 1.81. The van der Waals surface area contributed by atoms with Crippen LogP contribution in [0.25, 0.3) is 0 Å². The van der Waals surface area contributed by atoms with Crippen LogP contribution in [-0.4, -0.2) is 17.0 Å². The van der Waals surface area contributed by atoms with E-state index in [1.807, 2.05) is 13.0 Å². The molecule has 0 unspecified atom stereocenters. The Morgan fingerprint density at radius 1 is 1.11 bits per heavy atom. The molecular weight excluding hydrogens is 271 g/mol. The van der Waals surface area contributed by atoms with Crippen LogP contribution in [0.4, 0.5) is 17.5 Å². The van der Waals surface area contributed by atoms with E-state index in [-0.39, 0.29) is 0 Å². The highest BCUT2D eigenvalue weighted by Gasteiger charge is 2.05. The molecule has 0 spiro atoms. The molecule has 2 rings (SSSR count). The normalized spacial score (nSPS) is 10.2. The Morgan fingerprint density at radius 2 is 1.89 bits per heavy atom. The van der Waals surface area contributed by atoms with Crippen molar-refractivity contribution in [2.24, 2.45) is 0 Å². The van der Waals surface area contributed by atoms with Gasteiger partial charge in [0.25, 0.3) is 0 Å². The number of halogens is 2. The number of nitrogens with one attached hydrogen (secondary N) is 2. The van der Waals surface area contributed by atoms with Gasteiger partial charge in [-0.2, -0.15) is 4.98 Å². The highest BCUT2D eigenvalue weighted by atomic mass is 35.5. The van der Waals surface area contributed by atoms with Gasteiger partial charge in [-0.05, 0) is 25.1 Å². The Morgan fingerprint density at radius 3 is 2.61 bits per heavy atom. The predicted octanol–water partition coefficient (Wildman–Crippen LogP) is 3.88. The Bertz CT molecular complexity index is 572. The first kappa shape index (κ1) is 12.9. The van der Waals surface area contributed by atoms with Crippen molar-refractivity contribution in [3.63, 3.8) is 0 Å². The number of aryl methyl sites for hydroxylation is 1. The van der Waals surface area contributed by atoms with Gasteiger partial charge < -0.3 is 10.6 Å². The maximum Gasteiger partial charge on any atom is 0.224 e. The van der Waals surface area contributed by atoms with Gasteiger partial charge in [0, 0.05) is 23.8 Å². The molecule has 18 heavy (non-hydrogen) atoms. The number of hydrogen-bond donors (Lipinski definition) is 2. The summed E-state index contributed by atoms with van der Waals surface area (Å²) < 4.78 is 0. The van der Waals surface area contributed by atoms with Crippen molar-refractivity contribution in [1.29, 1.82) is 0 Å². The van der Waals surface area contributed by atoms with Gasteiger partial charge >= 0.3 is 0 Å². The molecule has 2 aromatic rings. The number of rotatable bonds is 3. The largest absolute Gasteiger partial charge is 0.357 e. The average Bonchev–Trinajstić information content (AvgIpc) is 2.33. The van der Waals surface area contributed by atoms with Crippen LogP contribution < -0.4 is 10.6 Å². The zero-order valence-corrected chi connectivity index (χ0v) is 11.5. The van der Waals surface area contributed by atoms with Crippen LogP contribution in [0.1, 0.15) is 5.69 Å². The molecule has 0 amide bonds. The van der Waals surface area contributed by atoms with Crippen LogP contribution in [0.3, 0.4) is 0 Å². The molecule has 94 valence electrons. The van der Waals surface area contributed by atoms with Crippen LogP contribution >= 0.6 is 23.2 Å². The lowest BCUT2D eigenvalue weighted by atomic mass is 10.3. The molecule has 4 nitrogen and oxygen atoms in total. The van der Waals surface area contributed by atoms with Crippen LogP contribution in [0.2, 0.25) is 10.0 Å². The third-order valence-corrected chi connectivity index (χ3v) is 2.83. The van der Waals surface area contributed by atoms with Crippen LogP contribution in [-0.2, 0) is 0 Å². The van der Waals surface area contributed by atoms with E-state index >= 15 is 0 Å². The summed E-state index contributed by atoms with van der Waals surface area (Å²) in [5, 5.41) is 7.22. The Kier molecular flexibility index (Phi) is 3.89. The second kappa shape index (κ2) is 5.42. The average molecular weight is 283 g/mol. The molecule has 1 aromatic carbocycles. The molecule has 0 aliphatic rings. The second-order valence-electron chi connectivity index (χ2n) is 3.72. The van der Waals surface area contributed by atoms with E-state index in [0.717, 1.165) is 5.69 Å². The summed E-state index contributed by atoms with van der Waals surface area (Å²) in [5.74, 6) is 1.21. The second-order valence-corrected chi connectivity index (χ2v) is 4.56. The van der Waals surface area contributed by atoms with Gasteiger partial charge in [0.1, 0.15) is 5.82 Å². The number of benzene rings is 1. The first-order chi connectivity index (χ1) is 8.58. The standard InChI is InChI=1S/C12H12Cl2N4/c1-7-5-11(18-12(15-2)16-7)17-10-6-8(13)3-4-9(10)14/h3-6H,1-2H3,(H2,15,16,17,18). The lowest BCUT2D eigenvalue weighted by molar-refractivity contribution is 1.10. The highest BCUT2D eigenvalue weighted by molar-refractivity contribution is 6.35. The zero-order valence-electron chi connectivity index (χ0n) is 9.96. The fraction of sp³-hybridized carbons (Fsp3) is 0.167. The van der Waals surface area contributed by atoms with Crippen molar-refractivity contribution in [2.75, 3.05) is 17.7 Å². The number of nitrogens with zero attached hydrogens (tertiary/aromatic N) is 2. The van der Waals surface area contributed by atoms with Gasteiger partial charge in [-0.15, -0.1) is 0 Å². The molecule has 0 saturated carbocycles. The van der Waals surface area contributed by atoms with Gasteiger partial charge in [-0.3, -0.25) is 0 Å². The van der Waals surface area contributed by atoms with Crippen LogP contribution in [0.5, 0.6) is 0 Å². The molecule has 1 heterocycles. The summed E-state index contributed by atoms with van der Waals surface area (Å²) in [7, 11) is 1.77. The molecule has 0 radical (unpaired) electrons. The first-order valence-corrected chi connectivity index (χ1v) is 6.09. The SMILES string of the molecule is CNc1nc(C)cc(Nc2cc(Cl)ccc2Cl)n1. The molecule has 0 saturated heterocycles. The molecule has 0 aliphatic heterocycles. The van der Waals surface area contributed by atoms with Crippen molar-refractivity contribution in [2.45, 2.75) is 6.92 Å². The van der Waals surface area contributed by atoms with Gasteiger partial charge in [0.15, 0.2) is 0 Å². The minimum Gasteiger partial charge on any atom is -0.357 e. The Balaban J connectivity index is 2.33. The zero-order chi connectivity index (χ0) is 13.1. The smallest absolute Gasteiger partial charge is 0.224 e. The molecule has 6 heteroatoms. The fourth-order valence-electron chi connectivity index (χ4n) is 1.48. The monoisotopic (exact) mass is 282 g/mol. The van der Waals surface area contributed by atoms with Crippen LogP contribution in [0, 0.1) is 6.92 Å². The van der Waals surface area contributed by atoms with Crippen molar-refractivity contribution < 1.29 is 0 Å². The van der Waals surface area contributed by atoms with Gasteiger partial charge in [0.05, 0.1) is 10.7 Å². The van der Waals surface area contributed by atoms with Gasteiger partial charge in [-0.1, -0.05) is 23.2 Å². The number of hydrogen-bond acceptors (Lipinski definition) is 4. The minimum absolute atomic E-state index is 0.552. The predicted molar refractivity (Wildman–Crippen MR) is 76.1 cm³/mol. The van der Waals surface area contributed by atoms with Gasteiger partial charge in [-0.25, -0.2) is 4.98 Å². The summed E-state index contributed by atoms with van der Waals surface area (Å²) in [4.78, 5) is 8.50. The molecule has 0 aliphatic carbocycles. The number of anilines is 3. The summed E-state index contributed by atoms with van der Waals surface area (Å²) in [5.41, 5.74) is 1.57. The minimum atomic E-state index is 0.552.